The van der Waals surface area contributed by atoms with E-state index in [1.54, 1.807) is 11.8 Å². The molecule has 2 aliphatic heterocycles. The van der Waals surface area contributed by atoms with Gasteiger partial charge in [-0.25, -0.2) is 4.99 Å². The van der Waals surface area contributed by atoms with Gasteiger partial charge in [-0.05, 0) is 66.1 Å². The molecule has 2 N–H and O–H groups in total. The fourth-order valence-electron chi connectivity index (χ4n) is 5.11. The summed E-state index contributed by atoms with van der Waals surface area (Å²) in [6, 6.07) is 30.7. The Bertz CT molecular complexity index is 1610. The van der Waals surface area contributed by atoms with Crippen molar-refractivity contribution in [3.8, 4) is 0 Å². The van der Waals surface area contributed by atoms with Crippen LogP contribution in [-0.4, -0.2) is 34.2 Å². The van der Waals surface area contributed by atoms with Gasteiger partial charge in [0.2, 0.25) is 0 Å². The molecule has 0 radical (unpaired) electrons. The molecule has 1 unspecified atom stereocenters. The lowest BCUT2D eigenvalue weighted by Gasteiger charge is -2.40. The Morgan fingerprint density at radius 2 is 1.51 bits per heavy atom. The standard InChI is InChI=1S/C32H28N4O2S/c1-21-28(31(38)35-26-10-3-2-4-11-26)29(36-18-7-19-39-32(36)33-21)23-14-16-27(17-15-23)34-30(37)25-13-12-22-8-5-6-9-24(22)20-25/h2-6,8-17,20,29H,7,18-19H2,1H3,(H,34,37)(H,35,38). The number of nitrogens with zero attached hydrogens (tertiary/aromatic N) is 2. The molecule has 4 aromatic carbocycles. The molecule has 0 aliphatic carbocycles. The zero-order valence-electron chi connectivity index (χ0n) is 21.6. The molecule has 2 aliphatic rings. The van der Waals surface area contributed by atoms with E-state index in [-0.39, 0.29) is 17.9 Å². The van der Waals surface area contributed by atoms with Crippen molar-refractivity contribution in [1.29, 1.82) is 0 Å². The molecule has 0 aromatic heterocycles. The van der Waals surface area contributed by atoms with Crippen LogP contribution in [0.3, 0.4) is 0 Å². The molecule has 1 atom stereocenters. The summed E-state index contributed by atoms with van der Waals surface area (Å²) in [5, 5.41) is 9.14. The summed E-state index contributed by atoms with van der Waals surface area (Å²) in [5.74, 6) is 0.697. The Morgan fingerprint density at radius 3 is 2.31 bits per heavy atom. The first-order valence-electron chi connectivity index (χ1n) is 13.0. The van der Waals surface area contributed by atoms with Gasteiger partial charge in [0.05, 0.1) is 17.3 Å². The molecule has 1 fully saturated rings. The van der Waals surface area contributed by atoms with E-state index >= 15 is 0 Å². The molecule has 2 amide bonds. The Hall–Kier alpha value is -4.36. The maximum atomic E-state index is 13.6. The minimum absolute atomic E-state index is 0.157. The smallest absolute Gasteiger partial charge is 0.255 e. The van der Waals surface area contributed by atoms with Gasteiger partial charge in [0.15, 0.2) is 5.17 Å². The van der Waals surface area contributed by atoms with Crippen LogP contribution in [0.2, 0.25) is 0 Å². The number of fused-ring (bicyclic) bond motifs is 2. The van der Waals surface area contributed by atoms with Crippen LogP contribution in [0, 0.1) is 0 Å². The van der Waals surface area contributed by atoms with Crippen molar-refractivity contribution in [2.24, 2.45) is 4.99 Å². The van der Waals surface area contributed by atoms with Gasteiger partial charge >= 0.3 is 0 Å². The van der Waals surface area contributed by atoms with Crippen LogP contribution in [0.4, 0.5) is 11.4 Å². The van der Waals surface area contributed by atoms with Crippen molar-refractivity contribution < 1.29 is 9.59 Å². The van der Waals surface area contributed by atoms with Gasteiger partial charge in [-0.3, -0.25) is 9.59 Å². The summed E-state index contributed by atoms with van der Waals surface area (Å²) in [5.41, 5.74) is 4.39. The zero-order valence-corrected chi connectivity index (χ0v) is 22.4. The molecular formula is C32H28N4O2S. The second-order valence-corrected chi connectivity index (χ2v) is 10.7. The average molecular weight is 533 g/mol. The Kier molecular flexibility index (Phi) is 6.90. The lowest BCUT2D eigenvalue weighted by Crippen LogP contribution is -2.43. The average Bonchev–Trinajstić information content (AvgIpc) is 2.97. The van der Waals surface area contributed by atoms with Crippen LogP contribution < -0.4 is 10.6 Å². The molecular weight excluding hydrogens is 504 g/mol. The quantitative estimate of drug-likeness (QED) is 0.295. The highest BCUT2D eigenvalue weighted by Gasteiger charge is 2.37. The third-order valence-electron chi connectivity index (χ3n) is 7.03. The predicted molar refractivity (Wildman–Crippen MR) is 160 cm³/mol. The van der Waals surface area contributed by atoms with Crippen LogP contribution in [0.25, 0.3) is 10.8 Å². The van der Waals surface area contributed by atoms with E-state index < -0.39 is 0 Å². The zero-order chi connectivity index (χ0) is 26.8. The number of amides is 2. The minimum atomic E-state index is -0.265. The number of thioether (sulfide) groups is 1. The molecule has 4 aromatic rings. The number of hydrogen-bond acceptors (Lipinski definition) is 5. The summed E-state index contributed by atoms with van der Waals surface area (Å²) in [6.07, 6.45) is 1.02. The number of rotatable bonds is 5. The number of nitrogens with one attached hydrogen (secondary N) is 2. The molecule has 6 nitrogen and oxygen atoms in total. The summed E-state index contributed by atoms with van der Waals surface area (Å²) in [6.45, 7) is 2.73. The van der Waals surface area contributed by atoms with Gasteiger partial charge in [0.25, 0.3) is 11.8 Å². The first-order valence-corrected chi connectivity index (χ1v) is 14.0. The minimum Gasteiger partial charge on any atom is -0.340 e. The van der Waals surface area contributed by atoms with E-state index in [4.69, 9.17) is 4.99 Å². The number of carbonyl (C=O) groups excluding carboxylic acids is 2. The third kappa shape index (κ3) is 5.18. The van der Waals surface area contributed by atoms with E-state index in [0.29, 0.717) is 16.8 Å². The van der Waals surface area contributed by atoms with Crippen molar-refractivity contribution >= 4 is 50.9 Å². The maximum absolute atomic E-state index is 13.6. The molecule has 0 bridgehead atoms. The van der Waals surface area contributed by atoms with Gasteiger partial charge in [-0.2, -0.15) is 0 Å². The monoisotopic (exact) mass is 532 g/mol. The summed E-state index contributed by atoms with van der Waals surface area (Å²) in [7, 11) is 0. The van der Waals surface area contributed by atoms with E-state index in [2.05, 4.69) is 15.5 Å². The highest BCUT2D eigenvalue weighted by Crippen LogP contribution is 2.40. The molecule has 194 valence electrons. The number of benzene rings is 4. The second-order valence-electron chi connectivity index (χ2n) is 9.65. The summed E-state index contributed by atoms with van der Waals surface area (Å²) in [4.78, 5) is 33.6. The molecule has 39 heavy (non-hydrogen) atoms. The van der Waals surface area contributed by atoms with Crippen LogP contribution in [-0.2, 0) is 4.79 Å². The number of anilines is 2. The number of aliphatic imine (C=N–C) groups is 1. The Balaban J connectivity index is 1.27. The molecule has 2 heterocycles. The number of amidine groups is 1. The van der Waals surface area contributed by atoms with Gasteiger partial charge < -0.3 is 15.5 Å². The van der Waals surface area contributed by atoms with Crippen molar-refractivity contribution in [1.82, 2.24) is 4.90 Å². The van der Waals surface area contributed by atoms with Crippen LogP contribution in [0.15, 0.2) is 113 Å². The SMILES string of the molecule is CC1=C(C(=O)Nc2ccccc2)C(c2ccc(NC(=O)c3ccc4ccccc4c3)cc2)N2CCCSC2=N1. The first-order chi connectivity index (χ1) is 19.1. The van der Waals surface area contributed by atoms with Crippen LogP contribution in [0.1, 0.15) is 35.3 Å². The third-order valence-corrected chi connectivity index (χ3v) is 8.11. The molecule has 1 saturated heterocycles. The Morgan fingerprint density at radius 1 is 0.821 bits per heavy atom. The predicted octanol–water partition coefficient (Wildman–Crippen LogP) is 6.85. The summed E-state index contributed by atoms with van der Waals surface area (Å²) >= 11 is 1.73. The van der Waals surface area contributed by atoms with Crippen LogP contribution >= 0.6 is 11.8 Å². The lowest BCUT2D eigenvalue weighted by molar-refractivity contribution is -0.113. The first kappa shape index (κ1) is 24.9. The lowest BCUT2D eigenvalue weighted by atomic mass is 9.93. The maximum Gasteiger partial charge on any atom is 0.255 e. The second kappa shape index (κ2) is 10.8. The fourth-order valence-corrected chi connectivity index (χ4v) is 6.13. The molecule has 0 spiro atoms. The van der Waals surface area contributed by atoms with Gasteiger partial charge in [-0.1, -0.05) is 72.4 Å². The summed E-state index contributed by atoms with van der Waals surface area (Å²) < 4.78 is 0. The van der Waals surface area contributed by atoms with Crippen LogP contribution in [0.5, 0.6) is 0 Å². The highest BCUT2D eigenvalue weighted by atomic mass is 32.2. The van der Waals surface area contributed by atoms with Gasteiger partial charge in [0, 0.05) is 29.2 Å². The van der Waals surface area contributed by atoms with E-state index in [0.717, 1.165) is 51.6 Å². The van der Waals surface area contributed by atoms with Crippen molar-refractivity contribution in [2.75, 3.05) is 22.9 Å². The van der Waals surface area contributed by atoms with Gasteiger partial charge in [0.1, 0.15) is 0 Å². The highest BCUT2D eigenvalue weighted by molar-refractivity contribution is 8.13. The topological polar surface area (TPSA) is 73.8 Å². The molecule has 6 rings (SSSR count). The number of allylic oxidation sites excluding steroid dienone is 1. The molecule has 7 heteroatoms. The normalized spacial score (nSPS) is 16.9. The van der Waals surface area contributed by atoms with E-state index in [9.17, 15) is 9.59 Å². The fraction of sp³-hybridized carbons (Fsp3) is 0.156. The van der Waals surface area contributed by atoms with Gasteiger partial charge in [-0.15, -0.1) is 0 Å². The largest absolute Gasteiger partial charge is 0.340 e. The molecule has 0 saturated carbocycles. The number of carbonyl (C=O) groups is 2. The van der Waals surface area contributed by atoms with Crippen molar-refractivity contribution in [3.63, 3.8) is 0 Å². The number of para-hydroxylation sites is 1. The van der Waals surface area contributed by atoms with Crippen molar-refractivity contribution in [3.05, 3.63) is 119 Å². The van der Waals surface area contributed by atoms with Crippen molar-refractivity contribution in [2.45, 2.75) is 19.4 Å². The van der Waals surface area contributed by atoms with E-state index in [1.165, 1.54) is 0 Å². The number of hydrogen-bond donors (Lipinski definition) is 2. The Labute approximate surface area is 231 Å². The van der Waals surface area contributed by atoms with E-state index in [1.807, 2.05) is 104 Å².